The molecule has 0 aliphatic heterocycles. The van der Waals surface area contributed by atoms with E-state index in [1.165, 1.54) is 27.8 Å². The van der Waals surface area contributed by atoms with E-state index in [1.54, 1.807) is 0 Å². The number of hydrogen-bond acceptors (Lipinski definition) is 1. The van der Waals surface area contributed by atoms with Gasteiger partial charge in [0.05, 0.1) is 6.04 Å². The zero-order valence-electron chi connectivity index (χ0n) is 11.9. The lowest BCUT2D eigenvalue weighted by molar-refractivity contribution is 0.686. The minimum atomic E-state index is 0.233. The van der Waals surface area contributed by atoms with Crippen molar-refractivity contribution in [1.29, 1.82) is 0 Å². The monoisotopic (exact) mass is 317 g/mol. The lowest BCUT2D eigenvalue weighted by Crippen LogP contribution is -2.19. The summed E-state index contributed by atoms with van der Waals surface area (Å²) in [5, 5.41) is 3.43. The zero-order valence-corrected chi connectivity index (χ0v) is 13.5. The number of halogens is 1. The highest BCUT2D eigenvalue weighted by molar-refractivity contribution is 9.10. The lowest BCUT2D eigenvalue weighted by atomic mass is 9.92. The average molecular weight is 318 g/mol. The molecule has 2 heteroatoms. The standard InChI is InChI=1S/C17H20BrN/c1-11-8-13(3)16(9-12(11)2)17(19-4)14-6-5-7-15(18)10-14/h5-10,17,19H,1-4H3. The van der Waals surface area contributed by atoms with Gasteiger partial charge in [0.25, 0.3) is 0 Å². The van der Waals surface area contributed by atoms with E-state index in [-0.39, 0.29) is 6.04 Å². The Bertz CT molecular complexity index is 590. The van der Waals surface area contributed by atoms with E-state index in [9.17, 15) is 0 Å². The molecule has 0 fully saturated rings. The quantitative estimate of drug-likeness (QED) is 0.866. The van der Waals surface area contributed by atoms with Crippen molar-refractivity contribution in [3.8, 4) is 0 Å². The van der Waals surface area contributed by atoms with Crippen molar-refractivity contribution in [2.75, 3.05) is 7.05 Å². The smallest absolute Gasteiger partial charge is 0.0577 e. The van der Waals surface area contributed by atoms with Crippen LogP contribution in [-0.4, -0.2) is 7.05 Å². The Balaban J connectivity index is 2.51. The molecule has 0 radical (unpaired) electrons. The van der Waals surface area contributed by atoms with Crippen LogP contribution in [0, 0.1) is 20.8 Å². The summed E-state index contributed by atoms with van der Waals surface area (Å²) in [7, 11) is 2.01. The van der Waals surface area contributed by atoms with Crippen molar-refractivity contribution in [2.45, 2.75) is 26.8 Å². The highest BCUT2D eigenvalue weighted by atomic mass is 79.9. The van der Waals surface area contributed by atoms with Gasteiger partial charge in [-0.2, -0.15) is 0 Å². The molecule has 0 spiro atoms. The van der Waals surface area contributed by atoms with Crippen molar-refractivity contribution in [3.05, 3.63) is 68.7 Å². The first-order chi connectivity index (χ1) is 9.02. The Morgan fingerprint density at radius 2 is 1.63 bits per heavy atom. The van der Waals surface area contributed by atoms with E-state index >= 15 is 0 Å². The molecule has 0 aromatic heterocycles. The summed E-state index contributed by atoms with van der Waals surface area (Å²) in [5.74, 6) is 0. The first-order valence-corrected chi connectivity index (χ1v) is 7.32. The van der Waals surface area contributed by atoms with Gasteiger partial charge in [0.15, 0.2) is 0 Å². The lowest BCUT2D eigenvalue weighted by Gasteiger charge is -2.21. The maximum absolute atomic E-state index is 3.55. The summed E-state index contributed by atoms with van der Waals surface area (Å²) >= 11 is 3.55. The van der Waals surface area contributed by atoms with E-state index in [2.05, 4.69) is 78.4 Å². The van der Waals surface area contributed by atoms with Crippen LogP contribution in [0.1, 0.15) is 33.9 Å². The second kappa shape index (κ2) is 5.89. The predicted molar refractivity (Wildman–Crippen MR) is 85.7 cm³/mol. The van der Waals surface area contributed by atoms with Crippen LogP contribution >= 0.6 is 15.9 Å². The Kier molecular flexibility index (Phi) is 4.43. The zero-order chi connectivity index (χ0) is 14.0. The molecule has 0 saturated heterocycles. The molecule has 0 heterocycles. The largest absolute Gasteiger partial charge is 0.309 e. The Morgan fingerprint density at radius 3 is 2.26 bits per heavy atom. The molecule has 19 heavy (non-hydrogen) atoms. The third kappa shape index (κ3) is 3.07. The number of aryl methyl sites for hydroxylation is 3. The van der Waals surface area contributed by atoms with Crippen molar-refractivity contribution in [1.82, 2.24) is 5.32 Å². The molecule has 0 aliphatic carbocycles. The van der Waals surface area contributed by atoms with Crippen LogP contribution in [-0.2, 0) is 0 Å². The van der Waals surface area contributed by atoms with E-state index in [0.717, 1.165) is 4.47 Å². The summed E-state index contributed by atoms with van der Waals surface area (Å²) in [4.78, 5) is 0. The molecule has 2 rings (SSSR count). The van der Waals surface area contributed by atoms with Crippen LogP contribution < -0.4 is 5.32 Å². The van der Waals surface area contributed by atoms with Gasteiger partial charge >= 0.3 is 0 Å². The molecule has 0 saturated carbocycles. The Hall–Kier alpha value is -1.12. The topological polar surface area (TPSA) is 12.0 Å². The number of hydrogen-bond donors (Lipinski definition) is 1. The van der Waals surface area contributed by atoms with Gasteiger partial charge in [0.2, 0.25) is 0 Å². The number of rotatable bonds is 3. The fourth-order valence-electron chi connectivity index (χ4n) is 2.48. The molecular formula is C17H20BrN. The van der Waals surface area contributed by atoms with E-state index in [0.29, 0.717) is 0 Å². The van der Waals surface area contributed by atoms with Gasteiger partial charge in [0, 0.05) is 4.47 Å². The highest BCUT2D eigenvalue weighted by Gasteiger charge is 2.15. The minimum absolute atomic E-state index is 0.233. The summed E-state index contributed by atoms with van der Waals surface area (Å²) in [6.07, 6.45) is 0. The molecule has 1 atom stereocenters. The first kappa shape index (κ1) is 14.3. The van der Waals surface area contributed by atoms with E-state index in [1.807, 2.05) is 7.05 Å². The Labute approximate surface area is 124 Å². The molecule has 1 N–H and O–H groups in total. The maximum Gasteiger partial charge on any atom is 0.0577 e. The van der Waals surface area contributed by atoms with Gasteiger partial charge in [-0.25, -0.2) is 0 Å². The van der Waals surface area contributed by atoms with Gasteiger partial charge in [-0.05, 0) is 67.8 Å². The van der Waals surface area contributed by atoms with Gasteiger partial charge in [-0.1, -0.05) is 40.2 Å². The van der Waals surface area contributed by atoms with Crippen LogP contribution in [0.25, 0.3) is 0 Å². The second-order valence-corrected chi connectivity index (χ2v) is 5.99. The Morgan fingerprint density at radius 1 is 0.947 bits per heavy atom. The van der Waals surface area contributed by atoms with Crippen molar-refractivity contribution in [2.24, 2.45) is 0 Å². The molecule has 1 unspecified atom stereocenters. The number of nitrogens with one attached hydrogen (secondary N) is 1. The van der Waals surface area contributed by atoms with Gasteiger partial charge in [-0.15, -0.1) is 0 Å². The molecule has 0 bridgehead atoms. The van der Waals surface area contributed by atoms with Gasteiger partial charge in [0.1, 0.15) is 0 Å². The van der Waals surface area contributed by atoms with Crippen molar-refractivity contribution in [3.63, 3.8) is 0 Å². The SMILES string of the molecule is CNC(c1cccc(Br)c1)c1cc(C)c(C)cc1C. The van der Waals surface area contributed by atoms with E-state index < -0.39 is 0 Å². The van der Waals surface area contributed by atoms with Gasteiger partial charge < -0.3 is 5.32 Å². The molecule has 0 amide bonds. The number of benzene rings is 2. The fourth-order valence-corrected chi connectivity index (χ4v) is 2.90. The normalized spacial score (nSPS) is 12.5. The van der Waals surface area contributed by atoms with Crippen molar-refractivity contribution < 1.29 is 0 Å². The van der Waals surface area contributed by atoms with Crippen LogP contribution in [0.15, 0.2) is 40.9 Å². The molecular weight excluding hydrogens is 298 g/mol. The molecule has 2 aromatic carbocycles. The highest BCUT2D eigenvalue weighted by Crippen LogP contribution is 2.28. The minimum Gasteiger partial charge on any atom is -0.309 e. The predicted octanol–water partition coefficient (Wildman–Crippen LogP) is 4.68. The third-order valence-electron chi connectivity index (χ3n) is 3.66. The van der Waals surface area contributed by atoms with Crippen LogP contribution in [0.4, 0.5) is 0 Å². The molecule has 100 valence electrons. The first-order valence-electron chi connectivity index (χ1n) is 6.53. The summed E-state index contributed by atoms with van der Waals surface area (Å²) in [6.45, 7) is 6.52. The second-order valence-electron chi connectivity index (χ2n) is 5.07. The van der Waals surface area contributed by atoms with Crippen molar-refractivity contribution >= 4 is 15.9 Å². The van der Waals surface area contributed by atoms with Crippen LogP contribution in [0.5, 0.6) is 0 Å². The van der Waals surface area contributed by atoms with Gasteiger partial charge in [-0.3, -0.25) is 0 Å². The summed E-state index contributed by atoms with van der Waals surface area (Å²) < 4.78 is 1.12. The molecule has 0 aliphatic rings. The van der Waals surface area contributed by atoms with Crippen LogP contribution in [0.2, 0.25) is 0 Å². The molecule has 1 nitrogen and oxygen atoms in total. The summed E-state index contributed by atoms with van der Waals surface area (Å²) in [6, 6.07) is 13.3. The molecule has 2 aromatic rings. The average Bonchev–Trinajstić information content (AvgIpc) is 2.36. The van der Waals surface area contributed by atoms with Crippen LogP contribution in [0.3, 0.4) is 0 Å². The third-order valence-corrected chi connectivity index (χ3v) is 4.16. The maximum atomic E-state index is 3.55. The summed E-state index contributed by atoms with van der Waals surface area (Å²) in [5.41, 5.74) is 6.66. The fraction of sp³-hybridized carbons (Fsp3) is 0.294. The van der Waals surface area contributed by atoms with E-state index in [4.69, 9.17) is 0 Å².